The molecule has 8 nitrogen and oxygen atoms in total. The summed E-state index contributed by atoms with van der Waals surface area (Å²) in [5.74, 6) is -3.06. The zero-order valence-electron chi connectivity index (χ0n) is 16.6. The van der Waals surface area contributed by atoms with Crippen molar-refractivity contribution < 1.29 is 18.4 Å². The fourth-order valence-electron chi connectivity index (χ4n) is 2.90. The number of hydrogen-bond acceptors (Lipinski definition) is 5. The second-order valence-corrected chi connectivity index (χ2v) is 7.03. The maximum atomic E-state index is 13.7. The molecule has 0 fully saturated rings. The van der Waals surface area contributed by atoms with Crippen molar-refractivity contribution in [1.29, 1.82) is 0 Å². The summed E-state index contributed by atoms with van der Waals surface area (Å²) in [5, 5.41) is 17.7. The highest BCUT2D eigenvalue weighted by Crippen LogP contribution is 2.21. The van der Waals surface area contributed by atoms with Crippen LogP contribution in [0.25, 0.3) is 11.4 Å². The fourth-order valence-corrected chi connectivity index (χ4v) is 3.03. The van der Waals surface area contributed by atoms with Gasteiger partial charge in [0.25, 0.3) is 0 Å². The molecule has 0 radical (unpaired) electrons. The molecule has 0 spiro atoms. The van der Waals surface area contributed by atoms with E-state index in [1.165, 1.54) is 13.1 Å². The van der Waals surface area contributed by atoms with Crippen molar-refractivity contribution in [2.45, 2.75) is 25.4 Å². The molecule has 3 aromatic rings. The number of nitrogens with one attached hydrogen (secondary N) is 2. The highest BCUT2D eigenvalue weighted by molar-refractivity contribution is 6.30. The molecule has 2 unspecified atom stereocenters. The number of carbonyl (C=O) groups is 2. The topological polar surface area (TPSA) is 102 Å². The third kappa shape index (κ3) is 5.02. The number of rotatable bonds is 7. The Bertz CT molecular complexity index is 1090. The minimum atomic E-state index is -1.24. The van der Waals surface area contributed by atoms with Gasteiger partial charge >= 0.3 is 0 Å². The predicted octanol–water partition coefficient (Wildman–Crippen LogP) is 2.83. The molecule has 3 rings (SSSR count). The van der Waals surface area contributed by atoms with Gasteiger partial charge < -0.3 is 10.6 Å². The molecule has 0 aliphatic rings. The second kappa shape index (κ2) is 9.61. The van der Waals surface area contributed by atoms with Crippen molar-refractivity contribution in [1.82, 2.24) is 30.8 Å². The summed E-state index contributed by atoms with van der Waals surface area (Å²) in [6.07, 6.45) is 0.292. The van der Waals surface area contributed by atoms with Gasteiger partial charge in [-0.25, -0.2) is 8.78 Å². The van der Waals surface area contributed by atoms with E-state index >= 15 is 0 Å². The Labute approximate surface area is 181 Å². The lowest BCUT2D eigenvalue weighted by atomic mass is 10.0. The SMILES string of the molecule is CCC(C(=O)NC(C(=O)NC)c1ccc(F)c(F)c1)n1nnc(-c2ccc(Cl)cc2)n1. The number of benzene rings is 2. The van der Waals surface area contributed by atoms with Gasteiger partial charge in [0.1, 0.15) is 6.04 Å². The standard InChI is InChI=1S/C20H19ClF2N6O2/c1-3-16(29-27-18(26-28-29)11-4-7-13(21)8-5-11)19(30)25-17(20(31)24-2)12-6-9-14(22)15(23)10-12/h4-10,16-17H,3H2,1-2H3,(H,24,31)(H,25,30). The average Bonchev–Trinajstić information content (AvgIpc) is 3.24. The summed E-state index contributed by atoms with van der Waals surface area (Å²) in [5.41, 5.74) is 0.755. The van der Waals surface area contributed by atoms with Crippen LogP contribution in [-0.4, -0.2) is 39.1 Å². The highest BCUT2D eigenvalue weighted by Gasteiger charge is 2.28. The maximum absolute atomic E-state index is 13.7. The molecular weight excluding hydrogens is 430 g/mol. The van der Waals surface area contributed by atoms with Crippen molar-refractivity contribution in [3.05, 3.63) is 64.7 Å². The first-order valence-corrected chi connectivity index (χ1v) is 9.74. The Hall–Kier alpha value is -3.40. The summed E-state index contributed by atoms with van der Waals surface area (Å²) in [6, 6.07) is 7.65. The second-order valence-electron chi connectivity index (χ2n) is 6.59. The number of tetrazole rings is 1. The van der Waals surface area contributed by atoms with Gasteiger partial charge in [-0.1, -0.05) is 24.6 Å². The summed E-state index contributed by atoms with van der Waals surface area (Å²) >= 11 is 5.88. The van der Waals surface area contributed by atoms with Gasteiger partial charge in [-0.3, -0.25) is 9.59 Å². The summed E-state index contributed by atoms with van der Waals surface area (Å²) in [7, 11) is 1.37. The Kier molecular flexibility index (Phi) is 6.91. The molecule has 11 heteroatoms. The highest BCUT2D eigenvalue weighted by atomic mass is 35.5. The number of hydrogen-bond donors (Lipinski definition) is 2. The molecule has 31 heavy (non-hydrogen) atoms. The minimum absolute atomic E-state index is 0.0925. The minimum Gasteiger partial charge on any atom is -0.357 e. The van der Waals surface area contributed by atoms with Crippen LogP contribution in [0.5, 0.6) is 0 Å². The molecular formula is C20H19ClF2N6O2. The van der Waals surface area contributed by atoms with Gasteiger partial charge in [0.2, 0.25) is 17.6 Å². The van der Waals surface area contributed by atoms with Crippen molar-refractivity contribution in [2.75, 3.05) is 7.05 Å². The number of likely N-dealkylation sites (N-methyl/N-ethyl adjacent to an activating group) is 1. The van der Waals surface area contributed by atoms with E-state index in [0.29, 0.717) is 22.8 Å². The van der Waals surface area contributed by atoms with Crippen molar-refractivity contribution >= 4 is 23.4 Å². The lowest BCUT2D eigenvalue weighted by molar-refractivity contribution is -0.131. The van der Waals surface area contributed by atoms with Crippen LogP contribution in [0, 0.1) is 11.6 Å². The van der Waals surface area contributed by atoms with Gasteiger partial charge in [0, 0.05) is 17.6 Å². The molecule has 0 aliphatic carbocycles. The molecule has 2 aromatic carbocycles. The van der Waals surface area contributed by atoms with Crippen LogP contribution in [0.1, 0.15) is 31.0 Å². The van der Waals surface area contributed by atoms with E-state index < -0.39 is 35.5 Å². The van der Waals surface area contributed by atoms with Gasteiger partial charge in [-0.15, -0.1) is 10.2 Å². The molecule has 2 amide bonds. The third-order valence-corrected chi connectivity index (χ3v) is 4.82. The van der Waals surface area contributed by atoms with Crippen molar-refractivity contribution in [3.63, 3.8) is 0 Å². The predicted molar refractivity (Wildman–Crippen MR) is 109 cm³/mol. The molecule has 0 aliphatic heterocycles. The fraction of sp³-hybridized carbons (Fsp3) is 0.250. The lowest BCUT2D eigenvalue weighted by Crippen LogP contribution is -2.42. The quantitative estimate of drug-likeness (QED) is 0.578. The van der Waals surface area contributed by atoms with Crippen LogP contribution in [0.4, 0.5) is 8.78 Å². The molecule has 0 bridgehead atoms. The van der Waals surface area contributed by atoms with Crippen LogP contribution in [0.2, 0.25) is 5.02 Å². The molecule has 2 atom stereocenters. The lowest BCUT2D eigenvalue weighted by Gasteiger charge is -2.21. The van der Waals surface area contributed by atoms with E-state index in [1.807, 2.05) is 0 Å². The number of aromatic nitrogens is 4. The van der Waals surface area contributed by atoms with Crippen LogP contribution in [0.3, 0.4) is 0 Å². The average molecular weight is 449 g/mol. The van der Waals surface area contributed by atoms with E-state index in [1.54, 1.807) is 31.2 Å². The van der Waals surface area contributed by atoms with E-state index in [9.17, 15) is 18.4 Å². The van der Waals surface area contributed by atoms with E-state index in [4.69, 9.17) is 11.6 Å². The zero-order chi connectivity index (χ0) is 22.5. The van der Waals surface area contributed by atoms with Crippen LogP contribution in [-0.2, 0) is 9.59 Å². The first-order valence-electron chi connectivity index (χ1n) is 9.36. The Balaban J connectivity index is 1.84. The maximum Gasteiger partial charge on any atom is 0.247 e. The number of amides is 2. The first kappa shape index (κ1) is 22.3. The molecule has 0 saturated carbocycles. The Morgan fingerprint density at radius 1 is 1.10 bits per heavy atom. The van der Waals surface area contributed by atoms with Crippen molar-refractivity contribution in [3.8, 4) is 11.4 Å². The Morgan fingerprint density at radius 3 is 2.42 bits per heavy atom. The third-order valence-electron chi connectivity index (χ3n) is 4.57. The summed E-state index contributed by atoms with van der Waals surface area (Å²) in [6.45, 7) is 1.74. The summed E-state index contributed by atoms with van der Waals surface area (Å²) < 4.78 is 26.9. The van der Waals surface area contributed by atoms with Crippen LogP contribution < -0.4 is 10.6 Å². The zero-order valence-corrected chi connectivity index (χ0v) is 17.4. The normalized spacial score (nSPS) is 12.8. The van der Waals surface area contributed by atoms with Crippen LogP contribution >= 0.6 is 11.6 Å². The van der Waals surface area contributed by atoms with Gasteiger partial charge in [-0.05, 0) is 53.6 Å². The van der Waals surface area contributed by atoms with E-state index in [-0.39, 0.29) is 5.56 Å². The van der Waals surface area contributed by atoms with Crippen LogP contribution in [0.15, 0.2) is 42.5 Å². The van der Waals surface area contributed by atoms with E-state index in [2.05, 4.69) is 26.0 Å². The molecule has 1 aromatic heterocycles. The summed E-state index contributed by atoms with van der Waals surface area (Å²) in [4.78, 5) is 26.4. The smallest absolute Gasteiger partial charge is 0.247 e. The largest absolute Gasteiger partial charge is 0.357 e. The first-order chi connectivity index (χ1) is 14.8. The number of nitrogens with zero attached hydrogens (tertiary/aromatic N) is 4. The van der Waals surface area contributed by atoms with Gasteiger partial charge in [0.15, 0.2) is 17.7 Å². The number of carbonyl (C=O) groups excluding carboxylic acids is 2. The van der Waals surface area contributed by atoms with Gasteiger partial charge in [-0.2, -0.15) is 4.80 Å². The molecule has 162 valence electrons. The van der Waals surface area contributed by atoms with Crippen molar-refractivity contribution in [2.24, 2.45) is 0 Å². The monoisotopic (exact) mass is 448 g/mol. The van der Waals surface area contributed by atoms with Gasteiger partial charge in [0.05, 0.1) is 0 Å². The van der Waals surface area contributed by atoms with E-state index in [0.717, 1.165) is 16.9 Å². The molecule has 2 N–H and O–H groups in total. The molecule has 1 heterocycles. The Morgan fingerprint density at radius 2 is 1.81 bits per heavy atom. The number of halogens is 3. The molecule has 0 saturated heterocycles.